The molecule has 2 N–H and O–H groups in total. The van der Waals surface area contributed by atoms with E-state index in [0.717, 1.165) is 17.7 Å². The number of esters is 1. The third kappa shape index (κ3) is 5.01. The summed E-state index contributed by atoms with van der Waals surface area (Å²) in [6.45, 7) is 3.34. The van der Waals surface area contributed by atoms with Gasteiger partial charge in [-0.1, -0.05) is 37.6 Å². The quantitative estimate of drug-likeness (QED) is 0.446. The molecule has 172 valence electrons. The van der Waals surface area contributed by atoms with Gasteiger partial charge >= 0.3 is 5.97 Å². The van der Waals surface area contributed by atoms with Crippen molar-refractivity contribution >= 4 is 29.1 Å². The van der Waals surface area contributed by atoms with Gasteiger partial charge in [0, 0.05) is 30.3 Å². The molecule has 0 heterocycles. The van der Waals surface area contributed by atoms with Crippen LogP contribution in [0.3, 0.4) is 0 Å². The van der Waals surface area contributed by atoms with Crippen molar-refractivity contribution in [3.63, 3.8) is 0 Å². The molecule has 0 saturated heterocycles. The van der Waals surface area contributed by atoms with Crippen LogP contribution in [0.5, 0.6) is 0 Å². The summed E-state index contributed by atoms with van der Waals surface area (Å²) in [5, 5.41) is 12.0. The van der Waals surface area contributed by atoms with E-state index < -0.39 is 23.4 Å². The van der Waals surface area contributed by atoms with Crippen molar-refractivity contribution in [3.8, 4) is 0 Å². The predicted octanol–water partition coefficient (Wildman–Crippen LogP) is 2.87. The molecule has 1 amide bonds. The molecule has 0 saturated carbocycles. The van der Waals surface area contributed by atoms with Crippen LogP contribution in [0.4, 0.5) is 5.69 Å². The number of allylic oxidation sites excluding steroid dienone is 2. The van der Waals surface area contributed by atoms with Crippen molar-refractivity contribution in [3.05, 3.63) is 76.6 Å². The fourth-order valence-corrected chi connectivity index (χ4v) is 3.53. The number of nitrogens with zero attached hydrogens (tertiary/aromatic N) is 1. The SMILES string of the molecule is CCCCOC(=O)c1ccc(N(C(C)=O)C2=C(NCCO)C(=O)c3ccccc3C2=O)cc1. The van der Waals surface area contributed by atoms with E-state index in [1.165, 1.54) is 37.3 Å². The number of unbranched alkanes of at least 4 members (excludes halogenated alkanes) is 1. The van der Waals surface area contributed by atoms with E-state index in [1.54, 1.807) is 18.2 Å². The van der Waals surface area contributed by atoms with E-state index in [0.29, 0.717) is 17.9 Å². The number of benzene rings is 2. The number of hydrogen-bond donors (Lipinski definition) is 2. The molecule has 0 aliphatic heterocycles. The molecule has 8 nitrogen and oxygen atoms in total. The zero-order chi connectivity index (χ0) is 24.0. The number of rotatable bonds is 9. The van der Waals surface area contributed by atoms with Gasteiger partial charge in [-0.15, -0.1) is 0 Å². The van der Waals surface area contributed by atoms with Gasteiger partial charge in [-0.05, 0) is 30.7 Å². The molecule has 1 aliphatic carbocycles. The lowest BCUT2D eigenvalue weighted by atomic mass is 9.89. The number of nitrogens with one attached hydrogen (secondary N) is 1. The summed E-state index contributed by atoms with van der Waals surface area (Å²) < 4.78 is 5.20. The summed E-state index contributed by atoms with van der Waals surface area (Å²) in [6, 6.07) is 12.4. The first-order chi connectivity index (χ1) is 15.9. The van der Waals surface area contributed by atoms with Gasteiger partial charge in [-0.2, -0.15) is 0 Å². The Balaban J connectivity index is 2.03. The number of aliphatic hydroxyl groups is 1. The molecular formula is C25H26N2O6. The van der Waals surface area contributed by atoms with E-state index in [9.17, 15) is 24.3 Å². The van der Waals surface area contributed by atoms with E-state index >= 15 is 0 Å². The zero-order valence-corrected chi connectivity index (χ0v) is 18.6. The first kappa shape index (κ1) is 23.9. The van der Waals surface area contributed by atoms with Crippen LogP contribution in [0.15, 0.2) is 59.9 Å². The van der Waals surface area contributed by atoms with Gasteiger partial charge in [0.15, 0.2) is 0 Å². The lowest BCUT2D eigenvalue weighted by Gasteiger charge is -2.29. The Morgan fingerprint density at radius 3 is 2.21 bits per heavy atom. The van der Waals surface area contributed by atoms with Crippen LogP contribution in [-0.4, -0.2) is 48.3 Å². The smallest absolute Gasteiger partial charge is 0.338 e. The maximum Gasteiger partial charge on any atom is 0.338 e. The summed E-state index contributed by atoms with van der Waals surface area (Å²) in [6.07, 6.45) is 1.66. The average molecular weight is 450 g/mol. The summed E-state index contributed by atoms with van der Waals surface area (Å²) in [5.74, 6) is -1.92. The third-order valence-electron chi connectivity index (χ3n) is 5.14. The van der Waals surface area contributed by atoms with Gasteiger partial charge in [0.05, 0.1) is 18.8 Å². The zero-order valence-electron chi connectivity index (χ0n) is 18.6. The van der Waals surface area contributed by atoms with E-state index in [4.69, 9.17) is 4.74 Å². The van der Waals surface area contributed by atoms with Crippen LogP contribution in [0.2, 0.25) is 0 Å². The van der Waals surface area contributed by atoms with Crippen molar-refractivity contribution in [1.29, 1.82) is 0 Å². The average Bonchev–Trinajstić information content (AvgIpc) is 2.82. The Labute approximate surface area is 191 Å². The number of carbonyl (C=O) groups excluding carboxylic acids is 4. The molecule has 3 rings (SSSR count). The third-order valence-corrected chi connectivity index (χ3v) is 5.14. The standard InChI is InChI=1S/C25H26N2O6/c1-3-4-15-33-25(32)17-9-11-18(12-10-17)27(16(2)29)22-21(26-13-14-28)23(30)19-7-5-6-8-20(19)24(22)31/h5-12,26,28H,3-4,13-15H2,1-2H3. The number of Topliss-reactive ketones (excluding diaryl/α,β-unsaturated/α-hetero) is 2. The molecule has 33 heavy (non-hydrogen) atoms. The first-order valence-electron chi connectivity index (χ1n) is 10.8. The summed E-state index contributed by atoms with van der Waals surface area (Å²) in [4.78, 5) is 52.6. The highest BCUT2D eigenvalue weighted by atomic mass is 16.5. The van der Waals surface area contributed by atoms with Crippen molar-refractivity contribution in [2.45, 2.75) is 26.7 Å². The molecule has 2 aromatic rings. The Morgan fingerprint density at radius 2 is 1.64 bits per heavy atom. The number of ketones is 2. The van der Waals surface area contributed by atoms with Crippen LogP contribution in [-0.2, 0) is 9.53 Å². The van der Waals surface area contributed by atoms with Crippen molar-refractivity contribution in [1.82, 2.24) is 5.32 Å². The van der Waals surface area contributed by atoms with Crippen molar-refractivity contribution in [2.24, 2.45) is 0 Å². The normalized spacial score (nSPS) is 12.9. The minimum atomic E-state index is -0.496. The fraction of sp³-hybridized carbons (Fsp3) is 0.280. The van der Waals surface area contributed by atoms with Gasteiger partial charge in [0.2, 0.25) is 17.5 Å². The molecule has 0 atom stereocenters. The van der Waals surface area contributed by atoms with Gasteiger partial charge in [-0.25, -0.2) is 4.79 Å². The number of ether oxygens (including phenoxy) is 1. The summed E-state index contributed by atoms with van der Waals surface area (Å²) in [7, 11) is 0. The monoisotopic (exact) mass is 450 g/mol. The molecular weight excluding hydrogens is 424 g/mol. The molecule has 2 aromatic carbocycles. The van der Waals surface area contributed by atoms with E-state index in [-0.39, 0.29) is 35.7 Å². The molecule has 0 spiro atoms. The highest BCUT2D eigenvalue weighted by molar-refractivity contribution is 6.29. The molecule has 0 unspecified atom stereocenters. The first-order valence-corrected chi connectivity index (χ1v) is 10.8. The van der Waals surface area contributed by atoms with Crippen LogP contribution >= 0.6 is 0 Å². The van der Waals surface area contributed by atoms with Crippen molar-refractivity contribution < 1.29 is 29.0 Å². The topological polar surface area (TPSA) is 113 Å². The van der Waals surface area contributed by atoms with Gasteiger partial charge in [0.1, 0.15) is 11.4 Å². The lowest BCUT2D eigenvalue weighted by Crippen LogP contribution is -2.41. The number of hydrogen-bond acceptors (Lipinski definition) is 7. The van der Waals surface area contributed by atoms with Gasteiger partial charge in [0.25, 0.3) is 0 Å². The fourth-order valence-electron chi connectivity index (χ4n) is 3.53. The molecule has 0 fully saturated rings. The Kier molecular flexibility index (Phi) is 7.74. The number of aliphatic hydroxyl groups excluding tert-OH is 1. The second kappa shape index (κ2) is 10.7. The Bertz CT molecular complexity index is 1100. The highest BCUT2D eigenvalue weighted by Crippen LogP contribution is 2.31. The molecule has 8 heteroatoms. The van der Waals surface area contributed by atoms with Gasteiger partial charge in [-0.3, -0.25) is 19.3 Å². The summed E-state index contributed by atoms with van der Waals surface area (Å²) in [5.41, 5.74) is 0.840. The highest BCUT2D eigenvalue weighted by Gasteiger charge is 2.37. The Morgan fingerprint density at radius 1 is 1.00 bits per heavy atom. The van der Waals surface area contributed by atoms with Crippen LogP contribution in [0.1, 0.15) is 57.8 Å². The number of anilines is 1. The largest absolute Gasteiger partial charge is 0.462 e. The lowest BCUT2D eigenvalue weighted by molar-refractivity contribution is -0.116. The van der Waals surface area contributed by atoms with E-state index in [1.807, 2.05) is 6.92 Å². The minimum absolute atomic E-state index is 0.0221. The van der Waals surface area contributed by atoms with Crippen LogP contribution < -0.4 is 10.2 Å². The molecule has 1 aliphatic rings. The summed E-state index contributed by atoms with van der Waals surface area (Å²) >= 11 is 0. The molecule has 0 radical (unpaired) electrons. The number of fused-ring (bicyclic) bond motifs is 1. The predicted molar refractivity (Wildman–Crippen MR) is 122 cm³/mol. The van der Waals surface area contributed by atoms with E-state index in [2.05, 4.69) is 5.32 Å². The van der Waals surface area contributed by atoms with Crippen molar-refractivity contribution in [2.75, 3.05) is 24.7 Å². The van der Waals surface area contributed by atoms with Crippen LogP contribution in [0.25, 0.3) is 0 Å². The van der Waals surface area contributed by atoms with Crippen LogP contribution in [0, 0.1) is 0 Å². The second-order valence-corrected chi connectivity index (χ2v) is 7.47. The maximum absolute atomic E-state index is 13.4. The minimum Gasteiger partial charge on any atom is -0.462 e. The Hall–Kier alpha value is -3.78. The van der Waals surface area contributed by atoms with Gasteiger partial charge < -0.3 is 15.2 Å². The second-order valence-electron chi connectivity index (χ2n) is 7.47. The molecule has 0 bridgehead atoms. The maximum atomic E-state index is 13.4. The molecule has 0 aromatic heterocycles. The number of amides is 1. The number of carbonyl (C=O) groups is 4.